The van der Waals surface area contributed by atoms with Crippen molar-refractivity contribution in [1.82, 2.24) is 9.97 Å². The molecule has 0 aliphatic heterocycles. The number of rotatable bonds is 2. The maximum atomic E-state index is 6.48. The lowest BCUT2D eigenvalue weighted by molar-refractivity contribution is 0.629. The van der Waals surface area contributed by atoms with Crippen molar-refractivity contribution in [3.8, 4) is 22.6 Å². The van der Waals surface area contributed by atoms with Gasteiger partial charge in [0.05, 0.1) is 0 Å². The Morgan fingerprint density at radius 3 is 2.41 bits per heavy atom. The molecule has 0 N–H and O–H groups in total. The van der Waals surface area contributed by atoms with Gasteiger partial charge in [-0.05, 0) is 63.1 Å². The van der Waals surface area contributed by atoms with Crippen molar-refractivity contribution in [2.45, 2.75) is 27.7 Å². The van der Waals surface area contributed by atoms with Crippen LogP contribution in [0.5, 0.6) is 0 Å². The number of aromatic nitrogens is 2. The highest BCUT2D eigenvalue weighted by molar-refractivity contribution is 7.26. The van der Waals surface area contributed by atoms with Gasteiger partial charge in [-0.3, -0.25) is 0 Å². The van der Waals surface area contributed by atoms with Crippen LogP contribution in [0.3, 0.4) is 0 Å². The molecule has 0 unspecified atom stereocenters. The molecule has 0 radical (unpaired) electrons. The number of nitrogens with zero attached hydrogens (tertiary/aromatic N) is 2. The fraction of sp³-hybridized carbons (Fsp3) is 0.143. The first-order valence-corrected chi connectivity index (χ1v) is 11.6. The molecule has 0 aliphatic rings. The lowest BCUT2D eigenvalue weighted by atomic mass is 9.97. The highest BCUT2D eigenvalue weighted by Crippen LogP contribution is 2.43. The second kappa shape index (κ2) is 7.01. The van der Waals surface area contributed by atoms with Crippen LogP contribution in [0.25, 0.3) is 53.9 Å². The molecule has 0 spiro atoms. The molecule has 0 saturated carbocycles. The van der Waals surface area contributed by atoms with Crippen molar-refractivity contribution < 1.29 is 4.42 Å². The van der Waals surface area contributed by atoms with Crippen molar-refractivity contribution in [3.05, 3.63) is 83.2 Å². The van der Waals surface area contributed by atoms with E-state index in [0.29, 0.717) is 0 Å². The largest absolute Gasteiger partial charge is 0.452 e. The molecule has 156 valence electrons. The summed E-state index contributed by atoms with van der Waals surface area (Å²) in [6.45, 7) is 8.58. The molecule has 6 aromatic rings. The van der Waals surface area contributed by atoms with Crippen molar-refractivity contribution in [1.29, 1.82) is 0 Å². The quantitative estimate of drug-likeness (QED) is 0.276. The van der Waals surface area contributed by atoms with Crippen molar-refractivity contribution in [2.24, 2.45) is 0 Å². The molecular weight excluding hydrogens is 412 g/mol. The molecule has 0 atom stereocenters. The monoisotopic (exact) mass is 434 g/mol. The Balaban J connectivity index is 1.60. The van der Waals surface area contributed by atoms with Gasteiger partial charge in [0.15, 0.2) is 5.58 Å². The number of hydrogen-bond donors (Lipinski definition) is 0. The fourth-order valence-electron chi connectivity index (χ4n) is 4.86. The van der Waals surface area contributed by atoms with Crippen LogP contribution in [0.4, 0.5) is 0 Å². The van der Waals surface area contributed by atoms with Crippen LogP contribution in [0.1, 0.15) is 22.3 Å². The SMILES string of the molecule is Cc1cc(C)cc(-c2ncnc3cc(-c4c(C)cc5c(sc6ccccc65)c4C)oc23)c1. The van der Waals surface area contributed by atoms with Gasteiger partial charge in [0.2, 0.25) is 0 Å². The summed E-state index contributed by atoms with van der Waals surface area (Å²) >= 11 is 1.85. The van der Waals surface area contributed by atoms with E-state index in [4.69, 9.17) is 4.42 Å². The predicted molar refractivity (Wildman–Crippen MR) is 135 cm³/mol. The van der Waals surface area contributed by atoms with Gasteiger partial charge in [-0.25, -0.2) is 9.97 Å². The molecule has 6 rings (SSSR count). The maximum Gasteiger partial charge on any atom is 0.179 e. The number of hydrogen-bond acceptors (Lipinski definition) is 4. The maximum absolute atomic E-state index is 6.48. The third-order valence-corrected chi connectivity index (χ3v) is 7.46. The number of benzene rings is 3. The van der Waals surface area contributed by atoms with E-state index in [-0.39, 0.29) is 0 Å². The minimum absolute atomic E-state index is 0.739. The number of furan rings is 1. The first-order chi connectivity index (χ1) is 15.5. The second-order valence-electron chi connectivity index (χ2n) is 8.59. The Hall–Kier alpha value is -3.50. The fourth-order valence-corrected chi connectivity index (χ4v) is 6.05. The van der Waals surface area contributed by atoms with Gasteiger partial charge in [-0.1, -0.05) is 35.4 Å². The van der Waals surface area contributed by atoms with Crippen molar-refractivity contribution in [3.63, 3.8) is 0 Å². The van der Waals surface area contributed by atoms with E-state index in [1.807, 2.05) is 11.3 Å². The average Bonchev–Trinajstić information content (AvgIpc) is 3.34. The summed E-state index contributed by atoms with van der Waals surface area (Å²) in [5.74, 6) is 0.848. The first kappa shape index (κ1) is 19.2. The normalized spacial score (nSPS) is 11.8. The van der Waals surface area contributed by atoms with E-state index in [1.165, 1.54) is 42.4 Å². The Morgan fingerprint density at radius 2 is 1.59 bits per heavy atom. The molecule has 4 heteroatoms. The first-order valence-electron chi connectivity index (χ1n) is 10.7. The zero-order valence-corrected chi connectivity index (χ0v) is 19.3. The molecular formula is C28H22N2OS. The molecule has 3 aromatic heterocycles. The average molecular weight is 435 g/mol. The zero-order chi connectivity index (χ0) is 22.0. The molecule has 32 heavy (non-hydrogen) atoms. The third kappa shape index (κ3) is 2.87. The van der Waals surface area contributed by atoms with Crippen LogP contribution in [-0.2, 0) is 0 Å². The molecule has 0 bridgehead atoms. The van der Waals surface area contributed by atoms with E-state index in [9.17, 15) is 0 Å². The zero-order valence-electron chi connectivity index (χ0n) is 18.5. The molecule has 0 aliphatic carbocycles. The summed E-state index contributed by atoms with van der Waals surface area (Å²) in [6.07, 6.45) is 1.63. The molecule has 0 fully saturated rings. The highest BCUT2D eigenvalue weighted by Gasteiger charge is 2.19. The Kier molecular flexibility index (Phi) is 4.21. The molecule has 3 heterocycles. The van der Waals surface area contributed by atoms with E-state index in [0.717, 1.165) is 33.7 Å². The summed E-state index contributed by atoms with van der Waals surface area (Å²) in [6, 6.07) is 19.4. The lowest BCUT2D eigenvalue weighted by Gasteiger charge is -2.09. The highest BCUT2D eigenvalue weighted by atomic mass is 32.1. The van der Waals surface area contributed by atoms with Gasteiger partial charge < -0.3 is 4.42 Å². The minimum atomic E-state index is 0.739. The van der Waals surface area contributed by atoms with Crippen LogP contribution in [0, 0.1) is 27.7 Å². The van der Waals surface area contributed by atoms with Gasteiger partial charge in [0.25, 0.3) is 0 Å². The molecule has 3 aromatic carbocycles. The van der Waals surface area contributed by atoms with E-state index in [1.54, 1.807) is 6.33 Å². The Bertz CT molecular complexity index is 1650. The summed E-state index contributed by atoms with van der Waals surface area (Å²) < 4.78 is 9.11. The predicted octanol–water partition coefficient (Wildman–Crippen LogP) is 8.16. The van der Waals surface area contributed by atoms with Gasteiger partial charge in [-0.15, -0.1) is 11.3 Å². The summed E-state index contributed by atoms with van der Waals surface area (Å²) in [4.78, 5) is 9.10. The van der Waals surface area contributed by atoms with Gasteiger partial charge in [0.1, 0.15) is 23.3 Å². The minimum Gasteiger partial charge on any atom is -0.452 e. The van der Waals surface area contributed by atoms with Crippen LogP contribution < -0.4 is 0 Å². The molecule has 0 amide bonds. The Labute approximate surface area is 190 Å². The topological polar surface area (TPSA) is 38.9 Å². The summed E-state index contributed by atoms with van der Waals surface area (Å²) in [5.41, 5.74) is 9.49. The smallest absolute Gasteiger partial charge is 0.179 e. The lowest BCUT2D eigenvalue weighted by Crippen LogP contribution is -1.88. The number of aryl methyl sites for hydroxylation is 4. The van der Waals surface area contributed by atoms with Gasteiger partial charge in [0, 0.05) is 37.4 Å². The molecule has 3 nitrogen and oxygen atoms in total. The summed E-state index contributed by atoms with van der Waals surface area (Å²) in [5, 5.41) is 2.63. The van der Waals surface area contributed by atoms with Crippen LogP contribution >= 0.6 is 11.3 Å². The van der Waals surface area contributed by atoms with Gasteiger partial charge in [-0.2, -0.15) is 0 Å². The van der Waals surface area contributed by atoms with E-state index >= 15 is 0 Å². The second-order valence-corrected chi connectivity index (χ2v) is 9.64. The van der Waals surface area contributed by atoms with Gasteiger partial charge >= 0.3 is 0 Å². The van der Waals surface area contributed by atoms with Crippen LogP contribution in [0.15, 0.2) is 65.3 Å². The van der Waals surface area contributed by atoms with Crippen molar-refractivity contribution >= 4 is 42.6 Å². The van der Waals surface area contributed by atoms with Crippen molar-refractivity contribution in [2.75, 3.05) is 0 Å². The third-order valence-electron chi connectivity index (χ3n) is 6.16. The van der Waals surface area contributed by atoms with E-state index < -0.39 is 0 Å². The number of thiophene rings is 1. The van der Waals surface area contributed by atoms with Crippen LogP contribution in [0.2, 0.25) is 0 Å². The van der Waals surface area contributed by atoms with E-state index in [2.05, 4.69) is 92.3 Å². The molecule has 0 saturated heterocycles. The standard InChI is InChI=1S/C28H22N2OS/c1-15-9-16(2)11-19(10-15)26-27-22(29-14-30-26)13-23(31-27)25-17(3)12-21-20-7-5-6-8-24(20)32-28(21)18(25)4/h5-14H,1-4H3. The Morgan fingerprint density at radius 1 is 0.812 bits per heavy atom. The van der Waals surface area contributed by atoms with Crippen LogP contribution in [-0.4, -0.2) is 9.97 Å². The number of fused-ring (bicyclic) bond motifs is 4. The summed E-state index contributed by atoms with van der Waals surface area (Å²) in [7, 11) is 0.